The SMILES string of the molecule is CCOP(=O)(Cc1ccc2cc(-c3ccccc3)oc2c1)OCC. The van der Waals surface area contributed by atoms with Crippen molar-refractivity contribution >= 4 is 18.6 Å². The first kappa shape index (κ1) is 17.0. The second kappa shape index (κ2) is 7.35. The first-order valence-corrected chi connectivity index (χ1v) is 9.82. The van der Waals surface area contributed by atoms with Crippen LogP contribution in [0.4, 0.5) is 0 Å². The van der Waals surface area contributed by atoms with Gasteiger partial charge in [0.15, 0.2) is 0 Å². The van der Waals surface area contributed by atoms with Crippen molar-refractivity contribution in [1.82, 2.24) is 0 Å². The minimum atomic E-state index is -3.11. The molecule has 0 aliphatic rings. The molecule has 0 amide bonds. The van der Waals surface area contributed by atoms with Gasteiger partial charge in [0.1, 0.15) is 11.3 Å². The van der Waals surface area contributed by atoms with E-state index in [4.69, 9.17) is 13.5 Å². The van der Waals surface area contributed by atoms with E-state index in [2.05, 4.69) is 0 Å². The summed E-state index contributed by atoms with van der Waals surface area (Å²) in [6.07, 6.45) is 0.242. The second-order valence-electron chi connectivity index (χ2n) is 5.45. The van der Waals surface area contributed by atoms with E-state index in [1.807, 2.05) is 68.4 Å². The van der Waals surface area contributed by atoms with Gasteiger partial charge >= 0.3 is 7.60 Å². The molecule has 3 rings (SSSR count). The molecule has 4 nitrogen and oxygen atoms in total. The summed E-state index contributed by atoms with van der Waals surface area (Å²) in [4.78, 5) is 0. The molecule has 126 valence electrons. The van der Waals surface area contributed by atoms with Crippen LogP contribution in [0.2, 0.25) is 0 Å². The van der Waals surface area contributed by atoms with Gasteiger partial charge in [-0.05, 0) is 31.5 Å². The van der Waals surface area contributed by atoms with Crippen LogP contribution < -0.4 is 0 Å². The average Bonchev–Trinajstić information content (AvgIpc) is 2.99. The van der Waals surface area contributed by atoms with Crippen LogP contribution in [0.15, 0.2) is 59.0 Å². The third kappa shape index (κ3) is 3.78. The van der Waals surface area contributed by atoms with Crippen molar-refractivity contribution < 1.29 is 18.0 Å². The maximum Gasteiger partial charge on any atom is 0.335 e. The molecule has 0 bridgehead atoms. The zero-order valence-corrected chi connectivity index (χ0v) is 14.8. The molecule has 0 aliphatic heterocycles. The molecule has 0 atom stereocenters. The van der Waals surface area contributed by atoms with Gasteiger partial charge in [-0.15, -0.1) is 0 Å². The second-order valence-corrected chi connectivity index (χ2v) is 7.51. The Morgan fingerprint density at radius 2 is 1.67 bits per heavy atom. The zero-order valence-electron chi connectivity index (χ0n) is 13.9. The third-order valence-corrected chi connectivity index (χ3v) is 5.73. The van der Waals surface area contributed by atoms with E-state index in [0.717, 1.165) is 27.9 Å². The number of furan rings is 1. The fourth-order valence-electron chi connectivity index (χ4n) is 2.66. The van der Waals surface area contributed by atoms with Crippen LogP contribution in [-0.2, 0) is 19.8 Å². The van der Waals surface area contributed by atoms with Crippen LogP contribution in [0.1, 0.15) is 19.4 Å². The van der Waals surface area contributed by atoms with Crippen LogP contribution in [0.25, 0.3) is 22.3 Å². The summed E-state index contributed by atoms with van der Waals surface area (Å²) in [7, 11) is -3.11. The van der Waals surface area contributed by atoms with Crippen molar-refractivity contribution in [2.45, 2.75) is 20.0 Å². The lowest BCUT2D eigenvalue weighted by Gasteiger charge is -2.16. The van der Waals surface area contributed by atoms with E-state index in [1.54, 1.807) is 0 Å². The third-order valence-electron chi connectivity index (χ3n) is 3.67. The Balaban J connectivity index is 1.90. The van der Waals surface area contributed by atoms with E-state index in [0.29, 0.717) is 13.2 Å². The summed E-state index contributed by atoms with van der Waals surface area (Å²) in [5.74, 6) is 0.820. The summed E-state index contributed by atoms with van der Waals surface area (Å²) >= 11 is 0. The molecular weight excluding hydrogens is 323 g/mol. The van der Waals surface area contributed by atoms with Gasteiger partial charge in [0.25, 0.3) is 0 Å². The molecule has 2 aromatic carbocycles. The van der Waals surface area contributed by atoms with E-state index in [1.165, 1.54) is 0 Å². The van der Waals surface area contributed by atoms with E-state index >= 15 is 0 Å². The molecule has 24 heavy (non-hydrogen) atoms. The molecule has 0 unspecified atom stereocenters. The molecule has 0 saturated heterocycles. The van der Waals surface area contributed by atoms with Gasteiger partial charge in [0, 0.05) is 10.9 Å². The summed E-state index contributed by atoms with van der Waals surface area (Å²) < 4.78 is 29.4. The number of hydrogen-bond donors (Lipinski definition) is 0. The van der Waals surface area contributed by atoms with Crippen molar-refractivity contribution in [2.24, 2.45) is 0 Å². The van der Waals surface area contributed by atoms with Crippen LogP contribution in [0.3, 0.4) is 0 Å². The largest absolute Gasteiger partial charge is 0.456 e. The Hall–Kier alpha value is -1.87. The molecule has 0 aliphatic carbocycles. The van der Waals surface area contributed by atoms with Crippen molar-refractivity contribution in [3.8, 4) is 11.3 Å². The lowest BCUT2D eigenvalue weighted by Crippen LogP contribution is -1.98. The van der Waals surface area contributed by atoms with Gasteiger partial charge in [0.05, 0.1) is 19.4 Å². The van der Waals surface area contributed by atoms with Crippen molar-refractivity contribution in [1.29, 1.82) is 0 Å². The minimum Gasteiger partial charge on any atom is -0.456 e. The van der Waals surface area contributed by atoms with Crippen LogP contribution in [-0.4, -0.2) is 13.2 Å². The lowest BCUT2D eigenvalue weighted by molar-refractivity contribution is 0.219. The number of benzene rings is 2. The maximum absolute atomic E-state index is 12.7. The quantitative estimate of drug-likeness (QED) is 0.503. The highest BCUT2D eigenvalue weighted by Crippen LogP contribution is 2.51. The number of fused-ring (bicyclic) bond motifs is 1. The van der Waals surface area contributed by atoms with Crippen molar-refractivity contribution in [3.05, 3.63) is 60.2 Å². The summed E-state index contributed by atoms with van der Waals surface area (Å²) in [5, 5.41) is 1.01. The van der Waals surface area contributed by atoms with Gasteiger partial charge < -0.3 is 13.5 Å². The molecule has 0 radical (unpaired) electrons. The summed E-state index contributed by atoms with van der Waals surface area (Å²) in [5.41, 5.74) is 2.68. The smallest absolute Gasteiger partial charge is 0.335 e. The fourth-order valence-corrected chi connectivity index (χ4v) is 4.35. The Morgan fingerprint density at radius 3 is 2.33 bits per heavy atom. The number of rotatable bonds is 7. The van der Waals surface area contributed by atoms with Crippen LogP contribution in [0, 0.1) is 0 Å². The molecule has 5 heteroatoms. The molecule has 3 aromatic rings. The molecule has 0 fully saturated rings. The average molecular weight is 344 g/mol. The normalized spacial score (nSPS) is 11.9. The standard InChI is InChI=1S/C19H21O4P/c1-3-21-24(20,22-4-2)14-15-10-11-17-13-19(23-18(17)12-15)16-8-6-5-7-9-16/h5-13H,3-4,14H2,1-2H3. The van der Waals surface area contributed by atoms with E-state index < -0.39 is 7.60 Å². The molecule has 1 heterocycles. The molecule has 0 spiro atoms. The van der Waals surface area contributed by atoms with Crippen molar-refractivity contribution in [3.63, 3.8) is 0 Å². The van der Waals surface area contributed by atoms with Crippen LogP contribution >= 0.6 is 7.60 Å². The monoisotopic (exact) mass is 344 g/mol. The lowest BCUT2D eigenvalue weighted by atomic mass is 10.1. The highest BCUT2D eigenvalue weighted by molar-refractivity contribution is 7.53. The molecular formula is C19H21O4P. The van der Waals surface area contributed by atoms with Gasteiger partial charge in [0.2, 0.25) is 0 Å². The zero-order chi connectivity index (χ0) is 17.0. The highest BCUT2D eigenvalue weighted by atomic mass is 31.2. The van der Waals surface area contributed by atoms with Gasteiger partial charge in [-0.25, -0.2) is 0 Å². The highest BCUT2D eigenvalue weighted by Gasteiger charge is 2.24. The number of hydrogen-bond acceptors (Lipinski definition) is 4. The van der Waals surface area contributed by atoms with Gasteiger partial charge in [-0.1, -0.05) is 42.5 Å². The molecule has 1 aromatic heterocycles. The topological polar surface area (TPSA) is 48.7 Å². The van der Waals surface area contributed by atoms with Crippen molar-refractivity contribution in [2.75, 3.05) is 13.2 Å². The predicted molar refractivity (Wildman–Crippen MR) is 96.2 cm³/mol. The Labute approximate surface area is 141 Å². The van der Waals surface area contributed by atoms with E-state index in [-0.39, 0.29) is 6.16 Å². The van der Waals surface area contributed by atoms with Gasteiger partial charge in [-0.3, -0.25) is 4.57 Å². The molecule has 0 saturated carbocycles. The first-order chi connectivity index (χ1) is 11.6. The minimum absolute atomic E-state index is 0.242. The fraction of sp³-hybridized carbons (Fsp3) is 0.263. The summed E-state index contributed by atoms with van der Waals surface area (Å²) in [6, 6.07) is 17.8. The summed E-state index contributed by atoms with van der Waals surface area (Å²) in [6.45, 7) is 4.35. The maximum atomic E-state index is 12.7. The van der Waals surface area contributed by atoms with Crippen LogP contribution in [0.5, 0.6) is 0 Å². The van der Waals surface area contributed by atoms with Gasteiger partial charge in [-0.2, -0.15) is 0 Å². The Morgan fingerprint density at radius 1 is 0.958 bits per heavy atom. The first-order valence-electron chi connectivity index (χ1n) is 8.09. The predicted octanol–water partition coefficient (Wildman–Crippen LogP) is 5.87. The Bertz CT molecular complexity index is 844. The Kier molecular flexibility index (Phi) is 5.20. The molecule has 0 N–H and O–H groups in total. The van der Waals surface area contributed by atoms with E-state index in [9.17, 15) is 4.57 Å².